The molecule has 0 saturated heterocycles. The van der Waals surface area contributed by atoms with Gasteiger partial charge >= 0.3 is 0 Å². The summed E-state index contributed by atoms with van der Waals surface area (Å²) in [7, 11) is 5.78. The lowest BCUT2D eigenvalue weighted by Gasteiger charge is -2.18. The molecule has 0 amide bonds. The fraction of sp³-hybridized carbons (Fsp3) is 0.500. The Morgan fingerprint density at radius 3 is 2.81 bits per heavy atom. The average Bonchev–Trinajstić information content (AvgIpc) is 2.27. The molecule has 1 N–H and O–H groups in total. The Labute approximate surface area is 106 Å². The van der Waals surface area contributed by atoms with Crippen LogP contribution in [0.15, 0.2) is 22.7 Å². The molecule has 0 aliphatic carbocycles. The highest BCUT2D eigenvalue weighted by Gasteiger charge is 2.06. The van der Waals surface area contributed by atoms with Crippen molar-refractivity contribution in [2.24, 2.45) is 0 Å². The Balaban J connectivity index is 2.67. The molecule has 0 radical (unpaired) electrons. The fourth-order valence-corrected chi connectivity index (χ4v) is 1.95. The van der Waals surface area contributed by atoms with Crippen molar-refractivity contribution >= 4 is 15.9 Å². The highest BCUT2D eigenvalue weighted by molar-refractivity contribution is 9.10. The molecule has 1 aromatic carbocycles. The van der Waals surface area contributed by atoms with Crippen LogP contribution < -0.4 is 10.1 Å². The predicted octanol–water partition coefficient (Wildman–Crippen LogP) is 2.11. The molecular weight excluding hydrogens is 268 g/mol. The third-order valence-electron chi connectivity index (χ3n) is 2.43. The van der Waals surface area contributed by atoms with Crippen LogP contribution in [0, 0.1) is 0 Å². The molecule has 1 aromatic rings. The minimum Gasteiger partial charge on any atom is -0.496 e. The maximum Gasteiger partial charge on any atom is 0.123 e. The number of benzene rings is 1. The van der Waals surface area contributed by atoms with Gasteiger partial charge in [0.2, 0.25) is 0 Å². The van der Waals surface area contributed by atoms with Gasteiger partial charge in [-0.15, -0.1) is 0 Å². The van der Waals surface area contributed by atoms with Gasteiger partial charge in [0.1, 0.15) is 5.75 Å². The van der Waals surface area contributed by atoms with Crippen LogP contribution in [0.5, 0.6) is 5.75 Å². The molecule has 90 valence electrons. The zero-order valence-corrected chi connectivity index (χ0v) is 11.7. The van der Waals surface area contributed by atoms with Crippen LogP contribution in [-0.2, 0) is 6.54 Å². The molecule has 0 aliphatic heterocycles. The monoisotopic (exact) mass is 286 g/mol. The lowest BCUT2D eigenvalue weighted by molar-refractivity contribution is 0.318. The Morgan fingerprint density at radius 1 is 1.44 bits per heavy atom. The highest BCUT2D eigenvalue weighted by Crippen LogP contribution is 2.23. The fourth-order valence-electron chi connectivity index (χ4n) is 1.54. The molecule has 3 nitrogen and oxygen atoms in total. The molecule has 0 aliphatic rings. The number of rotatable bonds is 6. The molecule has 0 heterocycles. The number of halogens is 1. The Morgan fingerprint density at radius 2 is 2.19 bits per heavy atom. The minimum atomic E-state index is 0.893. The summed E-state index contributed by atoms with van der Waals surface area (Å²) in [6.45, 7) is 2.91. The molecule has 16 heavy (non-hydrogen) atoms. The first-order chi connectivity index (χ1) is 7.67. The quantitative estimate of drug-likeness (QED) is 0.867. The summed E-state index contributed by atoms with van der Waals surface area (Å²) in [6, 6.07) is 6.09. The molecule has 0 bridgehead atoms. The maximum atomic E-state index is 5.34. The van der Waals surface area contributed by atoms with Gasteiger partial charge in [0, 0.05) is 29.7 Å². The second-order valence-electron chi connectivity index (χ2n) is 3.80. The standard InChI is InChI=1S/C12H19BrN2O/c1-14-6-7-15(2)9-10-8-11(13)4-5-12(10)16-3/h4-5,8,14H,6-7,9H2,1-3H3. The summed E-state index contributed by atoms with van der Waals surface area (Å²) in [4.78, 5) is 2.26. The molecule has 0 saturated carbocycles. The number of hydrogen-bond donors (Lipinski definition) is 1. The molecular formula is C12H19BrN2O. The largest absolute Gasteiger partial charge is 0.496 e. The minimum absolute atomic E-state index is 0.893. The Bertz CT molecular complexity index is 331. The first kappa shape index (κ1) is 13.5. The SMILES string of the molecule is CNCCN(C)Cc1cc(Br)ccc1OC. The van der Waals surface area contributed by atoms with E-state index in [1.165, 1.54) is 5.56 Å². The van der Waals surface area contributed by atoms with E-state index in [0.717, 1.165) is 29.9 Å². The summed E-state index contributed by atoms with van der Waals surface area (Å²) >= 11 is 3.48. The lowest BCUT2D eigenvalue weighted by Crippen LogP contribution is -2.27. The van der Waals surface area contributed by atoms with Gasteiger partial charge in [-0.1, -0.05) is 15.9 Å². The third-order valence-corrected chi connectivity index (χ3v) is 2.92. The second-order valence-corrected chi connectivity index (χ2v) is 4.71. The van der Waals surface area contributed by atoms with Crippen molar-refractivity contribution < 1.29 is 4.74 Å². The van der Waals surface area contributed by atoms with Gasteiger partial charge in [-0.05, 0) is 32.3 Å². The normalized spacial score (nSPS) is 10.8. The van der Waals surface area contributed by atoms with Gasteiger partial charge in [0.15, 0.2) is 0 Å². The van der Waals surface area contributed by atoms with Crippen molar-refractivity contribution in [3.63, 3.8) is 0 Å². The highest BCUT2D eigenvalue weighted by atomic mass is 79.9. The van der Waals surface area contributed by atoms with Gasteiger partial charge in [0.25, 0.3) is 0 Å². The van der Waals surface area contributed by atoms with Crippen LogP contribution in [0.1, 0.15) is 5.56 Å². The molecule has 0 atom stereocenters. The van der Waals surface area contributed by atoms with E-state index in [4.69, 9.17) is 4.74 Å². The van der Waals surface area contributed by atoms with Crippen LogP contribution >= 0.6 is 15.9 Å². The van der Waals surface area contributed by atoms with Gasteiger partial charge < -0.3 is 15.0 Å². The van der Waals surface area contributed by atoms with Crippen LogP contribution in [0.25, 0.3) is 0 Å². The first-order valence-electron chi connectivity index (χ1n) is 5.33. The number of nitrogens with zero attached hydrogens (tertiary/aromatic N) is 1. The van der Waals surface area contributed by atoms with Crippen molar-refractivity contribution in [2.75, 3.05) is 34.3 Å². The number of ether oxygens (including phenoxy) is 1. The number of likely N-dealkylation sites (N-methyl/N-ethyl adjacent to an activating group) is 2. The summed E-state index contributed by atoms with van der Waals surface area (Å²) < 4.78 is 6.43. The van der Waals surface area contributed by atoms with E-state index >= 15 is 0 Å². The first-order valence-corrected chi connectivity index (χ1v) is 6.12. The van der Waals surface area contributed by atoms with E-state index in [9.17, 15) is 0 Å². The Kier molecular flexibility index (Phi) is 5.80. The lowest BCUT2D eigenvalue weighted by atomic mass is 10.2. The molecule has 4 heteroatoms. The van der Waals surface area contributed by atoms with Crippen LogP contribution in [0.4, 0.5) is 0 Å². The van der Waals surface area contributed by atoms with Crippen molar-refractivity contribution in [1.29, 1.82) is 0 Å². The van der Waals surface area contributed by atoms with Crippen molar-refractivity contribution in [1.82, 2.24) is 10.2 Å². The summed E-state index contributed by atoms with van der Waals surface area (Å²) in [5.74, 6) is 0.944. The van der Waals surface area contributed by atoms with Crippen molar-refractivity contribution in [3.05, 3.63) is 28.2 Å². The number of hydrogen-bond acceptors (Lipinski definition) is 3. The van der Waals surface area contributed by atoms with Gasteiger partial charge in [-0.2, -0.15) is 0 Å². The van der Waals surface area contributed by atoms with E-state index in [2.05, 4.69) is 39.3 Å². The molecule has 0 aromatic heterocycles. The van der Waals surface area contributed by atoms with E-state index in [-0.39, 0.29) is 0 Å². The maximum absolute atomic E-state index is 5.34. The van der Waals surface area contributed by atoms with Crippen molar-refractivity contribution in [2.45, 2.75) is 6.54 Å². The van der Waals surface area contributed by atoms with Crippen LogP contribution in [-0.4, -0.2) is 39.2 Å². The molecule has 0 fully saturated rings. The molecule has 1 rings (SSSR count). The van der Waals surface area contributed by atoms with Gasteiger partial charge in [0.05, 0.1) is 7.11 Å². The Hall–Kier alpha value is -0.580. The smallest absolute Gasteiger partial charge is 0.123 e. The van der Waals surface area contributed by atoms with E-state index in [1.807, 2.05) is 19.2 Å². The summed E-state index contributed by atoms with van der Waals surface area (Å²) in [6.07, 6.45) is 0. The summed E-state index contributed by atoms with van der Waals surface area (Å²) in [5, 5.41) is 3.14. The van der Waals surface area contributed by atoms with E-state index < -0.39 is 0 Å². The van der Waals surface area contributed by atoms with E-state index in [1.54, 1.807) is 7.11 Å². The van der Waals surface area contributed by atoms with Crippen molar-refractivity contribution in [3.8, 4) is 5.75 Å². The van der Waals surface area contributed by atoms with Gasteiger partial charge in [-0.3, -0.25) is 0 Å². The third kappa shape index (κ3) is 4.12. The van der Waals surface area contributed by atoms with Gasteiger partial charge in [-0.25, -0.2) is 0 Å². The zero-order chi connectivity index (χ0) is 12.0. The predicted molar refractivity (Wildman–Crippen MR) is 71.0 cm³/mol. The summed E-state index contributed by atoms with van der Waals surface area (Å²) in [5.41, 5.74) is 1.20. The molecule has 0 spiro atoms. The second kappa shape index (κ2) is 6.89. The number of methoxy groups -OCH3 is 1. The number of nitrogens with one attached hydrogen (secondary N) is 1. The molecule has 0 unspecified atom stereocenters. The zero-order valence-electron chi connectivity index (χ0n) is 10.1. The van der Waals surface area contributed by atoms with Crippen LogP contribution in [0.2, 0.25) is 0 Å². The topological polar surface area (TPSA) is 24.5 Å². The van der Waals surface area contributed by atoms with E-state index in [0.29, 0.717) is 0 Å². The van der Waals surface area contributed by atoms with Crippen LogP contribution in [0.3, 0.4) is 0 Å². The average molecular weight is 287 g/mol.